The standard InChI is InChI=1S/C23H21N3O3S/c1-3-26-18-12-11-15(21(27)25-17-9-5-6-10-19(17)29-4-2)14-20(18)30-22-16(23(26)28)8-7-13-24-22/h5-14H,3-4H2,1-2H3,(H,25,27). The molecule has 0 atom stereocenters. The van der Waals surface area contributed by atoms with E-state index < -0.39 is 0 Å². The van der Waals surface area contributed by atoms with Gasteiger partial charge in [0.2, 0.25) is 0 Å². The number of amides is 2. The van der Waals surface area contributed by atoms with Crippen LogP contribution in [0.4, 0.5) is 11.4 Å². The second-order valence-electron chi connectivity index (χ2n) is 6.57. The third kappa shape index (κ3) is 3.76. The van der Waals surface area contributed by atoms with Crippen molar-refractivity contribution in [2.24, 2.45) is 0 Å². The summed E-state index contributed by atoms with van der Waals surface area (Å²) in [5.41, 5.74) is 2.45. The number of nitrogens with one attached hydrogen (secondary N) is 1. The molecule has 1 aromatic heterocycles. The number of nitrogens with zero attached hydrogens (tertiary/aromatic N) is 2. The fourth-order valence-corrected chi connectivity index (χ4v) is 4.37. The number of anilines is 2. The van der Waals surface area contributed by atoms with E-state index in [0.717, 1.165) is 10.6 Å². The minimum absolute atomic E-state index is 0.0882. The topological polar surface area (TPSA) is 71.5 Å². The molecular weight excluding hydrogens is 398 g/mol. The monoisotopic (exact) mass is 419 g/mol. The Bertz CT molecular complexity index is 1120. The van der Waals surface area contributed by atoms with Gasteiger partial charge in [-0.1, -0.05) is 23.9 Å². The SMILES string of the molecule is CCOc1ccccc1NC(=O)c1ccc2c(c1)Sc1ncccc1C(=O)N2CC. The summed E-state index contributed by atoms with van der Waals surface area (Å²) in [6.45, 7) is 4.86. The zero-order valence-electron chi connectivity index (χ0n) is 16.7. The summed E-state index contributed by atoms with van der Waals surface area (Å²) in [4.78, 5) is 32.8. The average Bonchev–Trinajstić information content (AvgIpc) is 2.88. The second kappa shape index (κ2) is 8.59. The number of pyridine rings is 1. The van der Waals surface area contributed by atoms with Gasteiger partial charge in [0.1, 0.15) is 10.8 Å². The molecule has 2 amide bonds. The van der Waals surface area contributed by atoms with Gasteiger partial charge in [0, 0.05) is 23.2 Å². The highest BCUT2D eigenvalue weighted by Gasteiger charge is 2.27. The van der Waals surface area contributed by atoms with Gasteiger partial charge in [-0.15, -0.1) is 0 Å². The van der Waals surface area contributed by atoms with Crippen LogP contribution in [-0.4, -0.2) is 29.9 Å². The summed E-state index contributed by atoms with van der Waals surface area (Å²) < 4.78 is 5.59. The van der Waals surface area contributed by atoms with E-state index in [9.17, 15) is 9.59 Å². The Morgan fingerprint density at radius 3 is 2.77 bits per heavy atom. The Morgan fingerprint density at radius 1 is 1.13 bits per heavy atom. The quantitative estimate of drug-likeness (QED) is 0.639. The number of carbonyl (C=O) groups excluding carboxylic acids is 2. The lowest BCUT2D eigenvalue weighted by Gasteiger charge is -2.21. The van der Waals surface area contributed by atoms with Crippen molar-refractivity contribution in [1.29, 1.82) is 0 Å². The Morgan fingerprint density at radius 2 is 1.97 bits per heavy atom. The zero-order valence-corrected chi connectivity index (χ0v) is 17.5. The molecule has 0 aliphatic carbocycles. The van der Waals surface area contributed by atoms with Crippen LogP contribution in [0.3, 0.4) is 0 Å². The van der Waals surface area contributed by atoms with Gasteiger partial charge in [-0.3, -0.25) is 9.59 Å². The van der Waals surface area contributed by atoms with E-state index in [4.69, 9.17) is 4.74 Å². The van der Waals surface area contributed by atoms with Crippen molar-refractivity contribution in [3.8, 4) is 5.75 Å². The summed E-state index contributed by atoms with van der Waals surface area (Å²) in [7, 11) is 0. The first-order valence-corrected chi connectivity index (χ1v) is 10.6. The highest BCUT2D eigenvalue weighted by Crippen LogP contribution is 2.40. The summed E-state index contributed by atoms with van der Waals surface area (Å²) >= 11 is 1.40. The van der Waals surface area contributed by atoms with Crippen LogP contribution >= 0.6 is 11.8 Å². The van der Waals surface area contributed by atoms with E-state index in [0.29, 0.717) is 40.7 Å². The molecule has 0 radical (unpaired) electrons. The molecule has 6 nitrogen and oxygen atoms in total. The lowest BCUT2D eigenvalue weighted by molar-refractivity contribution is 0.0984. The fourth-order valence-electron chi connectivity index (χ4n) is 3.31. The summed E-state index contributed by atoms with van der Waals surface area (Å²) in [6.07, 6.45) is 1.67. The van der Waals surface area contributed by atoms with Gasteiger partial charge in [-0.05, 0) is 56.3 Å². The number of hydrogen-bond donors (Lipinski definition) is 1. The van der Waals surface area contributed by atoms with Crippen molar-refractivity contribution in [2.75, 3.05) is 23.4 Å². The molecule has 1 N–H and O–H groups in total. The van der Waals surface area contributed by atoms with Gasteiger partial charge in [-0.2, -0.15) is 0 Å². The third-order valence-corrected chi connectivity index (χ3v) is 5.78. The van der Waals surface area contributed by atoms with Gasteiger partial charge < -0.3 is 15.0 Å². The Kier molecular flexibility index (Phi) is 5.72. The Labute approximate surface area is 179 Å². The van der Waals surface area contributed by atoms with Gasteiger partial charge in [0.15, 0.2) is 0 Å². The molecular formula is C23H21N3O3S. The average molecular weight is 420 g/mol. The molecule has 7 heteroatoms. The summed E-state index contributed by atoms with van der Waals surface area (Å²) in [6, 6.07) is 16.2. The number of para-hydroxylation sites is 2. The third-order valence-electron chi connectivity index (χ3n) is 4.72. The predicted molar refractivity (Wildman–Crippen MR) is 118 cm³/mol. The number of benzene rings is 2. The molecule has 0 saturated heterocycles. The molecule has 0 fully saturated rings. The van der Waals surface area contributed by atoms with E-state index in [1.54, 1.807) is 41.4 Å². The van der Waals surface area contributed by atoms with Crippen LogP contribution in [0.5, 0.6) is 5.75 Å². The largest absolute Gasteiger partial charge is 0.492 e. The lowest BCUT2D eigenvalue weighted by atomic mass is 10.1. The molecule has 0 bridgehead atoms. The normalized spacial score (nSPS) is 12.6. The molecule has 4 rings (SSSR count). The van der Waals surface area contributed by atoms with Crippen molar-refractivity contribution in [3.63, 3.8) is 0 Å². The maximum Gasteiger partial charge on any atom is 0.261 e. The summed E-state index contributed by atoms with van der Waals surface area (Å²) in [5.74, 6) is 0.290. The zero-order chi connectivity index (χ0) is 21.1. The molecule has 152 valence electrons. The molecule has 0 unspecified atom stereocenters. The number of fused-ring (bicyclic) bond motifs is 2. The van der Waals surface area contributed by atoms with E-state index >= 15 is 0 Å². The van der Waals surface area contributed by atoms with Crippen LogP contribution < -0.4 is 15.0 Å². The first-order valence-electron chi connectivity index (χ1n) is 9.74. The van der Waals surface area contributed by atoms with Crippen LogP contribution in [0.2, 0.25) is 0 Å². The molecule has 3 aromatic rings. The fraction of sp³-hybridized carbons (Fsp3) is 0.174. The molecule has 30 heavy (non-hydrogen) atoms. The maximum absolute atomic E-state index is 13.0. The number of ether oxygens (including phenoxy) is 1. The van der Waals surface area contributed by atoms with E-state index in [1.165, 1.54) is 11.8 Å². The summed E-state index contributed by atoms with van der Waals surface area (Å²) in [5, 5.41) is 3.56. The molecule has 0 spiro atoms. The minimum atomic E-state index is -0.245. The van der Waals surface area contributed by atoms with Gasteiger partial charge in [-0.25, -0.2) is 4.98 Å². The van der Waals surface area contributed by atoms with E-state index in [2.05, 4.69) is 10.3 Å². The number of carbonyl (C=O) groups is 2. The smallest absolute Gasteiger partial charge is 0.261 e. The number of rotatable bonds is 5. The van der Waals surface area contributed by atoms with Gasteiger partial charge in [0.25, 0.3) is 11.8 Å². The highest BCUT2D eigenvalue weighted by atomic mass is 32.2. The Balaban J connectivity index is 1.68. The van der Waals surface area contributed by atoms with Crippen molar-refractivity contribution >= 4 is 35.0 Å². The molecule has 0 saturated carbocycles. The Hall–Kier alpha value is -3.32. The van der Waals surface area contributed by atoms with E-state index in [1.807, 2.05) is 38.1 Å². The molecule has 1 aliphatic rings. The van der Waals surface area contributed by atoms with Crippen LogP contribution in [0.1, 0.15) is 34.6 Å². The van der Waals surface area contributed by atoms with Crippen LogP contribution in [0.25, 0.3) is 0 Å². The van der Waals surface area contributed by atoms with E-state index in [-0.39, 0.29) is 11.8 Å². The predicted octanol–water partition coefficient (Wildman–Crippen LogP) is 4.86. The first kappa shape index (κ1) is 20.0. The minimum Gasteiger partial charge on any atom is -0.492 e. The first-order chi connectivity index (χ1) is 14.6. The number of aromatic nitrogens is 1. The highest BCUT2D eigenvalue weighted by molar-refractivity contribution is 7.99. The van der Waals surface area contributed by atoms with Crippen LogP contribution in [0, 0.1) is 0 Å². The van der Waals surface area contributed by atoms with Crippen LogP contribution in [-0.2, 0) is 0 Å². The number of hydrogen-bond acceptors (Lipinski definition) is 5. The van der Waals surface area contributed by atoms with Crippen molar-refractivity contribution in [2.45, 2.75) is 23.8 Å². The molecule has 2 heterocycles. The molecule has 2 aromatic carbocycles. The van der Waals surface area contributed by atoms with Gasteiger partial charge in [0.05, 0.1) is 23.5 Å². The van der Waals surface area contributed by atoms with Gasteiger partial charge >= 0.3 is 0 Å². The lowest BCUT2D eigenvalue weighted by Crippen LogP contribution is -2.30. The maximum atomic E-state index is 13.0. The second-order valence-corrected chi connectivity index (χ2v) is 7.60. The van der Waals surface area contributed by atoms with Crippen molar-refractivity contribution in [1.82, 2.24) is 4.98 Å². The van der Waals surface area contributed by atoms with Crippen LogP contribution in [0.15, 0.2) is 70.7 Å². The molecule has 1 aliphatic heterocycles. The van der Waals surface area contributed by atoms with Crippen molar-refractivity contribution < 1.29 is 14.3 Å². The van der Waals surface area contributed by atoms with Crippen molar-refractivity contribution in [3.05, 3.63) is 71.9 Å².